The Labute approximate surface area is 191 Å². The number of anilines is 4. The molecular formula is C22H25N9O2. The average Bonchev–Trinajstić information content (AvgIpc) is 3.26. The molecule has 170 valence electrons. The number of para-hydroxylation sites is 1. The SMILES string of the molecule is COCCn1cnc(-c2cccc(Nc3cc(Nc4cc(C)nc(C)n4)ncn3)c2OC)n1. The van der Waals surface area contributed by atoms with Crippen molar-refractivity contribution in [3.63, 3.8) is 0 Å². The minimum Gasteiger partial charge on any atom is -0.494 e. The van der Waals surface area contributed by atoms with Crippen LogP contribution in [0, 0.1) is 13.8 Å². The predicted molar refractivity (Wildman–Crippen MR) is 124 cm³/mol. The van der Waals surface area contributed by atoms with Gasteiger partial charge in [-0.05, 0) is 26.0 Å². The summed E-state index contributed by atoms with van der Waals surface area (Å²) in [7, 11) is 3.26. The van der Waals surface area contributed by atoms with E-state index in [0.717, 1.165) is 16.9 Å². The standard InChI is InChI=1S/C22H25N9O2/c1-14-10-20(27-15(2)26-14)29-19-11-18(23-12-24-19)28-17-7-5-6-16(21(17)33-4)22-25-13-31(30-22)8-9-32-3/h5-7,10-13H,8-9H2,1-4H3,(H2,23,24,26,27,28,29). The third kappa shape index (κ3) is 5.39. The summed E-state index contributed by atoms with van der Waals surface area (Å²) in [5, 5.41) is 11.0. The van der Waals surface area contributed by atoms with Crippen molar-refractivity contribution in [3.8, 4) is 17.1 Å². The van der Waals surface area contributed by atoms with E-state index in [2.05, 4.69) is 40.7 Å². The van der Waals surface area contributed by atoms with E-state index in [4.69, 9.17) is 9.47 Å². The molecule has 2 N–H and O–H groups in total. The number of benzene rings is 1. The van der Waals surface area contributed by atoms with E-state index < -0.39 is 0 Å². The number of nitrogens with zero attached hydrogens (tertiary/aromatic N) is 7. The van der Waals surface area contributed by atoms with Crippen molar-refractivity contribution in [2.24, 2.45) is 0 Å². The number of ether oxygens (including phenoxy) is 2. The van der Waals surface area contributed by atoms with Crippen molar-refractivity contribution in [1.82, 2.24) is 34.7 Å². The van der Waals surface area contributed by atoms with Crippen LogP contribution in [-0.2, 0) is 11.3 Å². The molecule has 3 aromatic heterocycles. The van der Waals surface area contributed by atoms with Gasteiger partial charge in [0.05, 0.1) is 31.5 Å². The Morgan fingerprint density at radius 3 is 2.52 bits per heavy atom. The number of methoxy groups -OCH3 is 2. The minimum absolute atomic E-state index is 0.555. The van der Waals surface area contributed by atoms with E-state index in [9.17, 15) is 0 Å². The van der Waals surface area contributed by atoms with Crippen LogP contribution in [0.15, 0.2) is 43.0 Å². The normalized spacial score (nSPS) is 10.8. The largest absolute Gasteiger partial charge is 0.494 e. The van der Waals surface area contributed by atoms with Gasteiger partial charge in [-0.15, -0.1) is 0 Å². The zero-order valence-corrected chi connectivity index (χ0v) is 18.9. The van der Waals surface area contributed by atoms with Gasteiger partial charge in [-0.2, -0.15) is 5.10 Å². The number of rotatable bonds is 9. The summed E-state index contributed by atoms with van der Waals surface area (Å²) in [4.78, 5) is 21.7. The van der Waals surface area contributed by atoms with E-state index in [1.165, 1.54) is 6.33 Å². The Bertz CT molecular complexity index is 1220. The summed E-state index contributed by atoms with van der Waals surface area (Å²) in [6.07, 6.45) is 3.15. The van der Waals surface area contributed by atoms with Crippen LogP contribution in [0.3, 0.4) is 0 Å². The molecule has 0 aliphatic carbocycles. The number of hydrogen-bond donors (Lipinski definition) is 2. The number of nitrogens with one attached hydrogen (secondary N) is 2. The maximum Gasteiger partial charge on any atom is 0.184 e. The predicted octanol–water partition coefficient (Wildman–Crippen LogP) is 3.28. The molecule has 11 heteroatoms. The molecule has 0 radical (unpaired) electrons. The van der Waals surface area contributed by atoms with Crippen molar-refractivity contribution in [2.45, 2.75) is 20.4 Å². The molecule has 4 rings (SSSR count). The Kier molecular flexibility index (Phi) is 6.69. The van der Waals surface area contributed by atoms with Crippen LogP contribution in [-0.4, -0.2) is 55.5 Å². The highest BCUT2D eigenvalue weighted by molar-refractivity contribution is 5.77. The van der Waals surface area contributed by atoms with Gasteiger partial charge in [-0.3, -0.25) is 4.68 Å². The van der Waals surface area contributed by atoms with Crippen LogP contribution >= 0.6 is 0 Å². The number of aromatic nitrogens is 7. The molecule has 0 saturated heterocycles. The van der Waals surface area contributed by atoms with Crippen LogP contribution in [0.1, 0.15) is 11.5 Å². The number of aryl methyl sites for hydroxylation is 2. The Morgan fingerprint density at radius 1 is 0.939 bits per heavy atom. The average molecular weight is 448 g/mol. The molecule has 1 aromatic carbocycles. The summed E-state index contributed by atoms with van der Waals surface area (Å²) < 4.78 is 12.5. The molecule has 0 bridgehead atoms. The van der Waals surface area contributed by atoms with Gasteiger partial charge in [0, 0.05) is 24.9 Å². The molecule has 33 heavy (non-hydrogen) atoms. The first kappa shape index (κ1) is 22.1. The Morgan fingerprint density at radius 2 is 1.76 bits per heavy atom. The monoisotopic (exact) mass is 447 g/mol. The second-order valence-corrected chi connectivity index (χ2v) is 7.19. The van der Waals surface area contributed by atoms with Gasteiger partial charge in [0.1, 0.15) is 35.9 Å². The first-order chi connectivity index (χ1) is 16.1. The molecule has 0 spiro atoms. The fourth-order valence-electron chi connectivity index (χ4n) is 3.29. The van der Waals surface area contributed by atoms with E-state index in [-0.39, 0.29) is 0 Å². The van der Waals surface area contributed by atoms with E-state index in [1.807, 2.05) is 38.1 Å². The number of hydrogen-bond acceptors (Lipinski definition) is 10. The molecule has 0 atom stereocenters. The van der Waals surface area contributed by atoms with Crippen molar-refractivity contribution in [1.29, 1.82) is 0 Å². The quantitative estimate of drug-likeness (QED) is 0.395. The van der Waals surface area contributed by atoms with Gasteiger partial charge in [0.25, 0.3) is 0 Å². The second-order valence-electron chi connectivity index (χ2n) is 7.19. The summed E-state index contributed by atoms with van der Waals surface area (Å²) in [5.41, 5.74) is 2.36. The van der Waals surface area contributed by atoms with Crippen LogP contribution in [0.25, 0.3) is 11.4 Å². The summed E-state index contributed by atoms with van der Waals surface area (Å²) in [6.45, 7) is 4.94. The molecule has 11 nitrogen and oxygen atoms in total. The van der Waals surface area contributed by atoms with E-state index in [1.54, 1.807) is 31.3 Å². The van der Waals surface area contributed by atoms with Gasteiger partial charge in [-0.25, -0.2) is 24.9 Å². The van der Waals surface area contributed by atoms with Crippen molar-refractivity contribution in [2.75, 3.05) is 31.5 Å². The third-order valence-electron chi connectivity index (χ3n) is 4.67. The maximum absolute atomic E-state index is 5.69. The molecule has 4 aromatic rings. The van der Waals surface area contributed by atoms with E-state index in [0.29, 0.717) is 48.0 Å². The first-order valence-corrected chi connectivity index (χ1v) is 10.3. The van der Waals surface area contributed by atoms with Crippen LogP contribution in [0.2, 0.25) is 0 Å². The highest BCUT2D eigenvalue weighted by atomic mass is 16.5. The smallest absolute Gasteiger partial charge is 0.184 e. The summed E-state index contributed by atoms with van der Waals surface area (Å²) in [6, 6.07) is 9.36. The van der Waals surface area contributed by atoms with Gasteiger partial charge in [0.2, 0.25) is 0 Å². The van der Waals surface area contributed by atoms with Crippen molar-refractivity contribution < 1.29 is 9.47 Å². The fraction of sp³-hybridized carbons (Fsp3) is 0.273. The molecule has 0 aliphatic heterocycles. The lowest BCUT2D eigenvalue weighted by Crippen LogP contribution is -2.05. The van der Waals surface area contributed by atoms with Crippen LogP contribution in [0.5, 0.6) is 5.75 Å². The third-order valence-corrected chi connectivity index (χ3v) is 4.67. The topological polar surface area (TPSA) is 125 Å². The summed E-state index contributed by atoms with van der Waals surface area (Å²) >= 11 is 0. The lowest BCUT2D eigenvalue weighted by molar-refractivity contribution is 0.183. The fourth-order valence-corrected chi connectivity index (χ4v) is 3.29. The zero-order valence-electron chi connectivity index (χ0n) is 18.9. The molecule has 0 unspecified atom stereocenters. The highest BCUT2D eigenvalue weighted by Crippen LogP contribution is 2.36. The van der Waals surface area contributed by atoms with Crippen molar-refractivity contribution in [3.05, 3.63) is 54.5 Å². The lowest BCUT2D eigenvalue weighted by Gasteiger charge is -2.14. The first-order valence-electron chi connectivity index (χ1n) is 10.3. The van der Waals surface area contributed by atoms with Crippen LogP contribution < -0.4 is 15.4 Å². The highest BCUT2D eigenvalue weighted by Gasteiger charge is 2.15. The summed E-state index contributed by atoms with van der Waals surface area (Å²) in [5.74, 6) is 3.70. The molecule has 0 aliphatic rings. The molecule has 0 amide bonds. The van der Waals surface area contributed by atoms with Gasteiger partial charge >= 0.3 is 0 Å². The van der Waals surface area contributed by atoms with E-state index >= 15 is 0 Å². The van der Waals surface area contributed by atoms with Crippen LogP contribution in [0.4, 0.5) is 23.1 Å². The minimum atomic E-state index is 0.555. The Balaban J connectivity index is 1.57. The van der Waals surface area contributed by atoms with Gasteiger partial charge in [-0.1, -0.05) is 6.07 Å². The maximum atomic E-state index is 5.69. The molecular weight excluding hydrogens is 422 g/mol. The zero-order chi connectivity index (χ0) is 23.2. The second kappa shape index (κ2) is 10.0. The Hall–Kier alpha value is -4.12. The molecule has 0 fully saturated rings. The lowest BCUT2D eigenvalue weighted by atomic mass is 10.1. The van der Waals surface area contributed by atoms with Gasteiger partial charge < -0.3 is 20.1 Å². The molecule has 3 heterocycles. The van der Waals surface area contributed by atoms with Gasteiger partial charge in [0.15, 0.2) is 11.6 Å². The van der Waals surface area contributed by atoms with Crippen molar-refractivity contribution >= 4 is 23.1 Å². The molecule has 0 saturated carbocycles.